The third kappa shape index (κ3) is 5.94. The first-order chi connectivity index (χ1) is 11.5. The van der Waals surface area contributed by atoms with Crippen LogP contribution in [0.5, 0.6) is 0 Å². The van der Waals surface area contributed by atoms with Crippen LogP contribution >= 0.6 is 0 Å². The van der Waals surface area contributed by atoms with Crippen molar-refractivity contribution in [3.8, 4) is 0 Å². The monoisotopic (exact) mass is 336 g/mol. The van der Waals surface area contributed by atoms with Gasteiger partial charge in [0.05, 0.1) is 12.0 Å². The maximum absolute atomic E-state index is 11.7. The summed E-state index contributed by atoms with van der Waals surface area (Å²) in [7, 11) is 1.68. The van der Waals surface area contributed by atoms with Gasteiger partial charge in [0.2, 0.25) is 6.41 Å². The van der Waals surface area contributed by atoms with Crippen LogP contribution in [0.2, 0.25) is 0 Å². The van der Waals surface area contributed by atoms with E-state index < -0.39 is 11.9 Å². The van der Waals surface area contributed by atoms with Crippen molar-refractivity contribution < 1.29 is 19.4 Å². The number of primary amides is 1. The molecule has 1 saturated heterocycles. The molecule has 1 heterocycles. The summed E-state index contributed by atoms with van der Waals surface area (Å²) in [6.45, 7) is 2.99. The number of hydrogen-bond acceptors (Lipinski definition) is 4. The van der Waals surface area contributed by atoms with Crippen LogP contribution < -0.4 is 11.1 Å². The Labute approximate surface area is 143 Å². The third-order valence-electron chi connectivity index (χ3n) is 4.54. The Morgan fingerprint density at radius 3 is 2.54 bits per heavy atom. The molecule has 6 nitrogen and oxygen atoms in total. The molecule has 1 amide bonds. The summed E-state index contributed by atoms with van der Waals surface area (Å²) in [4.78, 5) is 20.3. The fourth-order valence-corrected chi connectivity index (χ4v) is 3.33. The summed E-state index contributed by atoms with van der Waals surface area (Å²) >= 11 is 0. The molecule has 0 spiro atoms. The van der Waals surface area contributed by atoms with Crippen LogP contribution in [-0.4, -0.2) is 43.3 Å². The quantitative estimate of drug-likeness (QED) is 0.654. The summed E-state index contributed by atoms with van der Waals surface area (Å²) in [6, 6.07) is 10.1. The van der Waals surface area contributed by atoms with Gasteiger partial charge in [0.25, 0.3) is 0 Å². The molecule has 1 aliphatic rings. The minimum Gasteiger partial charge on any atom is -0.481 e. The minimum atomic E-state index is -0.744. The standard InChI is InChI=1S/C17H25NO3.CH3NO/c1-12(16(21-2)15-9-6-10-18-15)14(17(19)20)11-13-7-4-3-5-8-13;2-1-3/h3-5,7-8,12,14-16,18H,6,9-11H2,1-2H3,(H,19,20);1H,(H2,2,3). The molecule has 0 bridgehead atoms. The number of nitrogens with two attached hydrogens (primary N) is 1. The Morgan fingerprint density at radius 1 is 1.46 bits per heavy atom. The van der Waals surface area contributed by atoms with Crippen molar-refractivity contribution in [2.24, 2.45) is 17.6 Å². The van der Waals surface area contributed by atoms with E-state index in [0.717, 1.165) is 24.9 Å². The highest BCUT2D eigenvalue weighted by molar-refractivity contribution is 5.71. The van der Waals surface area contributed by atoms with Crippen molar-refractivity contribution in [2.45, 2.75) is 38.3 Å². The van der Waals surface area contributed by atoms with E-state index in [0.29, 0.717) is 6.42 Å². The van der Waals surface area contributed by atoms with Gasteiger partial charge in [0.15, 0.2) is 0 Å². The minimum absolute atomic E-state index is 0.0386. The smallest absolute Gasteiger partial charge is 0.307 e. The fraction of sp³-hybridized carbons (Fsp3) is 0.556. The van der Waals surface area contributed by atoms with Gasteiger partial charge in [-0.25, -0.2) is 0 Å². The summed E-state index contributed by atoms with van der Waals surface area (Å²) < 4.78 is 5.64. The van der Waals surface area contributed by atoms with Crippen LogP contribution in [0.3, 0.4) is 0 Å². The fourth-order valence-electron chi connectivity index (χ4n) is 3.33. The number of aliphatic carboxylic acids is 1. The van der Waals surface area contributed by atoms with Gasteiger partial charge >= 0.3 is 5.97 Å². The zero-order valence-corrected chi connectivity index (χ0v) is 14.4. The number of rotatable bonds is 7. The molecule has 0 radical (unpaired) electrons. The molecule has 4 unspecified atom stereocenters. The van der Waals surface area contributed by atoms with E-state index >= 15 is 0 Å². The van der Waals surface area contributed by atoms with E-state index in [9.17, 15) is 9.90 Å². The van der Waals surface area contributed by atoms with Crippen LogP contribution in [0, 0.1) is 11.8 Å². The zero-order chi connectivity index (χ0) is 17.9. The highest BCUT2D eigenvalue weighted by Gasteiger charge is 2.36. The number of nitrogens with one attached hydrogen (secondary N) is 1. The Hall–Kier alpha value is -1.92. The van der Waals surface area contributed by atoms with Crippen molar-refractivity contribution >= 4 is 12.4 Å². The molecule has 0 saturated carbocycles. The molecule has 4 atom stereocenters. The molecule has 134 valence electrons. The highest BCUT2D eigenvalue weighted by Crippen LogP contribution is 2.27. The molecule has 1 aromatic rings. The van der Waals surface area contributed by atoms with Crippen LogP contribution in [0.4, 0.5) is 0 Å². The van der Waals surface area contributed by atoms with Crippen LogP contribution in [-0.2, 0) is 20.7 Å². The average molecular weight is 336 g/mol. The van der Waals surface area contributed by atoms with Gasteiger partial charge in [0.1, 0.15) is 0 Å². The molecule has 1 aliphatic heterocycles. The molecule has 4 N–H and O–H groups in total. The largest absolute Gasteiger partial charge is 0.481 e. The Balaban J connectivity index is 0.000000891. The first-order valence-electron chi connectivity index (χ1n) is 8.23. The second kappa shape index (κ2) is 10.8. The summed E-state index contributed by atoms with van der Waals surface area (Å²) in [5.74, 6) is -1.21. The van der Waals surface area contributed by atoms with E-state index in [4.69, 9.17) is 9.53 Å². The molecule has 0 aromatic heterocycles. The number of carbonyl (C=O) groups is 2. The molecular weight excluding hydrogens is 308 g/mol. The van der Waals surface area contributed by atoms with Gasteiger partial charge in [-0.2, -0.15) is 0 Å². The molecule has 24 heavy (non-hydrogen) atoms. The van der Waals surface area contributed by atoms with Gasteiger partial charge in [-0.3, -0.25) is 9.59 Å². The summed E-state index contributed by atoms with van der Waals surface area (Å²) in [5, 5.41) is 13.0. The molecular formula is C18H28N2O4. The second-order valence-corrected chi connectivity index (χ2v) is 6.03. The number of amides is 1. The number of carboxylic acids is 1. The van der Waals surface area contributed by atoms with Crippen molar-refractivity contribution in [3.63, 3.8) is 0 Å². The maximum atomic E-state index is 11.7. The lowest BCUT2D eigenvalue weighted by Crippen LogP contribution is -2.44. The first kappa shape index (κ1) is 20.1. The lowest BCUT2D eigenvalue weighted by molar-refractivity contribution is -0.146. The molecule has 2 rings (SSSR count). The molecule has 0 aliphatic carbocycles. The lowest BCUT2D eigenvalue weighted by Gasteiger charge is -2.32. The predicted octanol–water partition coefficient (Wildman–Crippen LogP) is 1.43. The third-order valence-corrected chi connectivity index (χ3v) is 4.54. The van der Waals surface area contributed by atoms with E-state index in [1.54, 1.807) is 7.11 Å². The van der Waals surface area contributed by atoms with Crippen molar-refractivity contribution in [1.29, 1.82) is 0 Å². The van der Waals surface area contributed by atoms with Crippen LogP contribution in [0.15, 0.2) is 30.3 Å². The molecule has 1 fully saturated rings. The Kier molecular flexibility index (Phi) is 9.04. The van der Waals surface area contributed by atoms with Crippen LogP contribution in [0.1, 0.15) is 25.3 Å². The second-order valence-electron chi connectivity index (χ2n) is 6.03. The normalized spacial score (nSPS) is 20.3. The van der Waals surface area contributed by atoms with Gasteiger partial charge in [-0.1, -0.05) is 37.3 Å². The topological polar surface area (TPSA) is 102 Å². The van der Waals surface area contributed by atoms with Gasteiger partial charge in [-0.05, 0) is 37.3 Å². The number of methoxy groups -OCH3 is 1. The molecule has 1 aromatic carbocycles. The number of benzene rings is 1. The average Bonchev–Trinajstić information content (AvgIpc) is 3.09. The Morgan fingerprint density at radius 2 is 2.08 bits per heavy atom. The number of ether oxygens (including phenoxy) is 1. The first-order valence-corrected chi connectivity index (χ1v) is 8.23. The SMILES string of the molecule is COC(C1CCCN1)C(C)C(Cc1ccccc1)C(=O)O.NC=O. The summed E-state index contributed by atoms with van der Waals surface area (Å²) in [6.07, 6.45) is 2.93. The van der Waals surface area contributed by atoms with E-state index in [1.165, 1.54) is 0 Å². The molecule has 6 heteroatoms. The number of carbonyl (C=O) groups excluding carboxylic acids is 1. The zero-order valence-electron chi connectivity index (χ0n) is 14.4. The van der Waals surface area contributed by atoms with Crippen LogP contribution in [0.25, 0.3) is 0 Å². The van der Waals surface area contributed by atoms with Crippen molar-refractivity contribution in [3.05, 3.63) is 35.9 Å². The van der Waals surface area contributed by atoms with E-state index in [-0.39, 0.29) is 24.5 Å². The van der Waals surface area contributed by atoms with Crippen molar-refractivity contribution in [1.82, 2.24) is 5.32 Å². The van der Waals surface area contributed by atoms with Gasteiger partial charge in [-0.15, -0.1) is 0 Å². The number of carboxylic acid groups (broad SMARTS) is 1. The van der Waals surface area contributed by atoms with Crippen molar-refractivity contribution in [2.75, 3.05) is 13.7 Å². The maximum Gasteiger partial charge on any atom is 0.307 e. The van der Waals surface area contributed by atoms with E-state index in [1.807, 2.05) is 37.3 Å². The summed E-state index contributed by atoms with van der Waals surface area (Å²) in [5.41, 5.74) is 5.23. The van der Waals surface area contributed by atoms with E-state index in [2.05, 4.69) is 11.1 Å². The Bertz CT molecular complexity index is 489. The van der Waals surface area contributed by atoms with Gasteiger partial charge in [0, 0.05) is 13.2 Å². The number of hydrogen-bond donors (Lipinski definition) is 3. The predicted molar refractivity (Wildman–Crippen MR) is 92.5 cm³/mol. The van der Waals surface area contributed by atoms with Gasteiger partial charge < -0.3 is 20.9 Å². The lowest BCUT2D eigenvalue weighted by atomic mass is 9.81. The highest BCUT2D eigenvalue weighted by atomic mass is 16.5.